The zero-order valence-corrected chi connectivity index (χ0v) is 13.1. The summed E-state index contributed by atoms with van der Waals surface area (Å²) in [5.74, 6) is 0. The van der Waals surface area contributed by atoms with Crippen LogP contribution in [0.5, 0.6) is 0 Å². The third-order valence-electron chi connectivity index (χ3n) is 4.16. The van der Waals surface area contributed by atoms with E-state index in [1.807, 2.05) is 13.3 Å². The number of fused-ring (bicyclic) bond motifs is 3. The second kappa shape index (κ2) is 5.24. The van der Waals surface area contributed by atoms with Crippen molar-refractivity contribution in [1.29, 1.82) is 0 Å². The van der Waals surface area contributed by atoms with Crippen LogP contribution < -0.4 is 5.43 Å². The number of hydrazone groups is 1. The predicted octanol–water partition coefficient (Wildman–Crippen LogP) is 3.98. The lowest BCUT2D eigenvalue weighted by atomic mass is 10.0. The third-order valence-corrected chi connectivity index (χ3v) is 4.16. The molecule has 108 valence electrons. The fourth-order valence-electron chi connectivity index (χ4n) is 2.93. The van der Waals surface area contributed by atoms with Gasteiger partial charge < -0.3 is 9.99 Å². The van der Waals surface area contributed by atoms with Crippen molar-refractivity contribution in [2.24, 2.45) is 5.10 Å². The second-order valence-corrected chi connectivity index (χ2v) is 5.46. The van der Waals surface area contributed by atoms with Gasteiger partial charge in [0, 0.05) is 35.4 Å². The van der Waals surface area contributed by atoms with E-state index in [-0.39, 0.29) is 0 Å². The maximum atomic E-state index is 4.11. The molecular weight excluding hydrogens is 258 g/mol. The molecule has 3 aromatic rings. The topological polar surface area (TPSA) is 29.3 Å². The number of hydrogen-bond acceptors (Lipinski definition) is 2. The number of rotatable bonds is 3. The molecule has 0 fully saturated rings. The summed E-state index contributed by atoms with van der Waals surface area (Å²) < 4.78 is 2.39. The number of aryl methyl sites for hydroxylation is 3. The van der Waals surface area contributed by atoms with E-state index in [0.29, 0.717) is 0 Å². The Bertz CT molecular complexity index is 841. The van der Waals surface area contributed by atoms with E-state index in [1.54, 1.807) is 0 Å². The van der Waals surface area contributed by atoms with Crippen LogP contribution in [0, 0.1) is 13.8 Å². The molecule has 0 aliphatic rings. The van der Waals surface area contributed by atoms with Gasteiger partial charge in [-0.3, -0.25) is 0 Å². The molecule has 0 saturated carbocycles. The van der Waals surface area contributed by atoms with Crippen molar-refractivity contribution in [3.63, 3.8) is 0 Å². The van der Waals surface area contributed by atoms with E-state index in [9.17, 15) is 0 Å². The maximum Gasteiger partial charge on any atom is 0.0540 e. The molecule has 0 aliphatic carbocycles. The molecule has 1 N–H and O–H groups in total. The average molecular weight is 279 g/mol. The van der Waals surface area contributed by atoms with Gasteiger partial charge >= 0.3 is 0 Å². The highest BCUT2D eigenvalue weighted by Crippen LogP contribution is 2.31. The van der Waals surface area contributed by atoms with E-state index in [0.717, 1.165) is 12.1 Å². The van der Waals surface area contributed by atoms with E-state index in [1.165, 1.54) is 32.9 Å². The van der Waals surface area contributed by atoms with E-state index in [2.05, 4.69) is 66.2 Å². The Morgan fingerprint density at radius 1 is 1.05 bits per heavy atom. The van der Waals surface area contributed by atoms with Crippen molar-refractivity contribution < 1.29 is 0 Å². The Balaban J connectivity index is 2.37. The van der Waals surface area contributed by atoms with Gasteiger partial charge in [0.05, 0.1) is 6.21 Å². The summed E-state index contributed by atoms with van der Waals surface area (Å²) in [5.41, 5.74) is 9.21. The molecule has 0 spiro atoms. The zero-order chi connectivity index (χ0) is 15.0. The van der Waals surface area contributed by atoms with E-state index in [4.69, 9.17) is 0 Å². The van der Waals surface area contributed by atoms with Crippen LogP contribution in [0.2, 0.25) is 0 Å². The van der Waals surface area contributed by atoms with Crippen molar-refractivity contribution in [1.82, 2.24) is 9.99 Å². The van der Waals surface area contributed by atoms with Crippen LogP contribution >= 0.6 is 0 Å². The lowest BCUT2D eigenvalue weighted by molar-refractivity contribution is 0.826. The van der Waals surface area contributed by atoms with Crippen LogP contribution in [0.1, 0.15) is 23.6 Å². The Hall–Kier alpha value is -2.29. The minimum absolute atomic E-state index is 0.979. The van der Waals surface area contributed by atoms with Crippen molar-refractivity contribution in [3.8, 4) is 0 Å². The Morgan fingerprint density at radius 2 is 1.76 bits per heavy atom. The Labute approximate surface area is 125 Å². The standard InChI is InChI=1S/C18H21N3/c1-5-21-17-7-6-14(11-20-19-4)10-16(17)15-8-12(2)13(3)9-18(15)21/h6-11,19H,5H2,1-4H3/b20-11+. The first-order valence-corrected chi connectivity index (χ1v) is 7.38. The molecular formula is C18H21N3. The van der Waals surface area contributed by atoms with Gasteiger partial charge in [-0.2, -0.15) is 5.10 Å². The van der Waals surface area contributed by atoms with Crippen molar-refractivity contribution >= 4 is 28.0 Å². The third kappa shape index (κ3) is 2.19. The van der Waals surface area contributed by atoms with Crippen LogP contribution in [0.4, 0.5) is 0 Å². The molecule has 3 rings (SSSR count). The lowest BCUT2D eigenvalue weighted by Gasteiger charge is -2.05. The first-order valence-electron chi connectivity index (χ1n) is 7.38. The molecule has 0 atom stereocenters. The van der Waals surface area contributed by atoms with Gasteiger partial charge in [-0.1, -0.05) is 6.07 Å². The molecule has 1 aromatic heterocycles. The molecule has 0 unspecified atom stereocenters. The minimum Gasteiger partial charge on any atom is -0.341 e. The predicted molar refractivity (Wildman–Crippen MR) is 91.2 cm³/mol. The minimum atomic E-state index is 0.979. The van der Waals surface area contributed by atoms with Gasteiger partial charge in [-0.25, -0.2) is 0 Å². The van der Waals surface area contributed by atoms with Crippen LogP contribution in [0.15, 0.2) is 35.4 Å². The molecule has 0 amide bonds. The normalized spacial score (nSPS) is 11.8. The van der Waals surface area contributed by atoms with Crippen LogP contribution in [-0.2, 0) is 6.54 Å². The first-order chi connectivity index (χ1) is 10.2. The summed E-state index contributed by atoms with van der Waals surface area (Å²) in [6.45, 7) is 7.53. The Kier molecular flexibility index (Phi) is 3.42. The monoisotopic (exact) mass is 279 g/mol. The van der Waals surface area contributed by atoms with Crippen LogP contribution in [0.25, 0.3) is 21.8 Å². The van der Waals surface area contributed by atoms with Crippen molar-refractivity contribution in [2.45, 2.75) is 27.3 Å². The Morgan fingerprint density at radius 3 is 2.48 bits per heavy atom. The van der Waals surface area contributed by atoms with E-state index >= 15 is 0 Å². The number of nitrogens with one attached hydrogen (secondary N) is 1. The summed E-state index contributed by atoms with van der Waals surface area (Å²) in [6, 6.07) is 11.1. The summed E-state index contributed by atoms with van der Waals surface area (Å²) in [4.78, 5) is 0. The SMILES string of the molecule is CCn1c2ccc(/C=N/NC)cc2c2cc(C)c(C)cc21. The molecule has 3 heteroatoms. The molecule has 0 bridgehead atoms. The number of benzene rings is 2. The molecule has 0 saturated heterocycles. The molecule has 2 aromatic carbocycles. The first kappa shape index (κ1) is 13.7. The molecule has 0 aliphatic heterocycles. The van der Waals surface area contributed by atoms with Gasteiger partial charge in [0.15, 0.2) is 0 Å². The number of nitrogens with zero attached hydrogens (tertiary/aromatic N) is 2. The van der Waals surface area contributed by atoms with Gasteiger partial charge in [-0.15, -0.1) is 0 Å². The summed E-state index contributed by atoms with van der Waals surface area (Å²) in [7, 11) is 1.81. The highest BCUT2D eigenvalue weighted by molar-refractivity contribution is 6.10. The summed E-state index contributed by atoms with van der Waals surface area (Å²) >= 11 is 0. The summed E-state index contributed by atoms with van der Waals surface area (Å²) in [5, 5.41) is 6.74. The largest absolute Gasteiger partial charge is 0.341 e. The highest BCUT2D eigenvalue weighted by Gasteiger charge is 2.11. The van der Waals surface area contributed by atoms with Crippen LogP contribution in [0.3, 0.4) is 0 Å². The molecule has 0 radical (unpaired) electrons. The lowest BCUT2D eigenvalue weighted by Crippen LogP contribution is -1.95. The van der Waals surface area contributed by atoms with Crippen molar-refractivity contribution in [3.05, 3.63) is 47.0 Å². The van der Waals surface area contributed by atoms with Gasteiger partial charge in [0.2, 0.25) is 0 Å². The fourth-order valence-corrected chi connectivity index (χ4v) is 2.93. The average Bonchev–Trinajstić information content (AvgIpc) is 2.78. The van der Waals surface area contributed by atoms with Gasteiger partial charge in [0.1, 0.15) is 0 Å². The quantitative estimate of drug-likeness (QED) is 0.570. The van der Waals surface area contributed by atoms with Gasteiger partial charge in [0.25, 0.3) is 0 Å². The number of aromatic nitrogens is 1. The zero-order valence-electron chi connectivity index (χ0n) is 13.1. The second-order valence-electron chi connectivity index (χ2n) is 5.46. The highest BCUT2D eigenvalue weighted by atomic mass is 15.3. The number of hydrogen-bond donors (Lipinski definition) is 1. The maximum absolute atomic E-state index is 4.11. The van der Waals surface area contributed by atoms with Crippen molar-refractivity contribution in [2.75, 3.05) is 7.05 Å². The summed E-state index contributed by atoms with van der Waals surface area (Å²) in [6.07, 6.45) is 1.86. The fraction of sp³-hybridized carbons (Fsp3) is 0.278. The molecule has 21 heavy (non-hydrogen) atoms. The molecule has 1 heterocycles. The van der Waals surface area contributed by atoms with E-state index < -0.39 is 0 Å². The molecule has 3 nitrogen and oxygen atoms in total. The van der Waals surface area contributed by atoms with Gasteiger partial charge in [-0.05, 0) is 61.7 Å². The van der Waals surface area contributed by atoms with Crippen LogP contribution in [-0.4, -0.2) is 17.8 Å². The smallest absolute Gasteiger partial charge is 0.0540 e.